The fourth-order valence-electron chi connectivity index (χ4n) is 3.69. The molecule has 5 nitrogen and oxygen atoms in total. The minimum atomic E-state index is -0.377. The third kappa shape index (κ3) is 3.78. The lowest BCUT2D eigenvalue weighted by Gasteiger charge is -2.31. The molecule has 2 atom stereocenters. The Morgan fingerprint density at radius 3 is 3.04 bits per heavy atom. The van der Waals surface area contributed by atoms with Gasteiger partial charge in [0.25, 0.3) is 0 Å². The maximum absolute atomic E-state index is 12.3. The number of carbonyl (C=O) groups is 1. The lowest BCUT2D eigenvalue weighted by molar-refractivity contribution is 0.0841. The number of nitrogens with zero attached hydrogens (tertiary/aromatic N) is 1. The quantitative estimate of drug-likeness (QED) is 0.899. The molecule has 126 valence electrons. The monoisotopic (exact) mass is 318 g/mol. The molecule has 2 aliphatic rings. The highest BCUT2D eigenvalue weighted by molar-refractivity contribution is 5.74. The van der Waals surface area contributed by atoms with Crippen LogP contribution in [0.15, 0.2) is 18.2 Å². The molecule has 1 fully saturated rings. The van der Waals surface area contributed by atoms with E-state index >= 15 is 0 Å². The molecule has 0 aromatic heterocycles. The van der Waals surface area contributed by atoms with Gasteiger partial charge in [0.15, 0.2) is 0 Å². The minimum Gasteiger partial charge on any atom is -0.497 e. The summed E-state index contributed by atoms with van der Waals surface area (Å²) in [6.45, 7) is 1.84. The number of likely N-dealkylation sites (tertiary alicyclic amines) is 1. The van der Waals surface area contributed by atoms with Crippen LogP contribution in [0.1, 0.15) is 42.7 Å². The Balaban J connectivity index is 1.60. The smallest absolute Gasteiger partial charge is 0.317 e. The van der Waals surface area contributed by atoms with Crippen molar-refractivity contribution < 1.29 is 14.6 Å². The van der Waals surface area contributed by atoms with Crippen molar-refractivity contribution in [3.63, 3.8) is 0 Å². The van der Waals surface area contributed by atoms with Gasteiger partial charge in [0.2, 0.25) is 0 Å². The fraction of sp³-hybridized carbons (Fsp3) is 0.611. The molecule has 0 saturated carbocycles. The summed E-state index contributed by atoms with van der Waals surface area (Å²) in [5.74, 6) is 1.26. The average molecular weight is 318 g/mol. The Morgan fingerprint density at radius 1 is 1.39 bits per heavy atom. The van der Waals surface area contributed by atoms with E-state index in [-0.39, 0.29) is 12.1 Å². The van der Waals surface area contributed by atoms with Crippen molar-refractivity contribution >= 4 is 6.03 Å². The molecule has 0 bridgehead atoms. The van der Waals surface area contributed by atoms with Crippen molar-refractivity contribution in [1.29, 1.82) is 0 Å². The Morgan fingerprint density at radius 2 is 2.26 bits per heavy atom. The number of nitrogens with one attached hydrogen (secondary N) is 1. The first-order valence-corrected chi connectivity index (χ1v) is 8.55. The number of aliphatic hydroxyl groups is 1. The van der Waals surface area contributed by atoms with E-state index in [1.807, 2.05) is 6.07 Å². The highest BCUT2D eigenvalue weighted by atomic mass is 16.5. The maximum Gasteiger partial charge on any atom is 0.317 e. The predicted octanol–water partition coefficient (Wildman–Crippen LogP) is 2.28. The van der Waals surface area contributed by atoms with E-state index in [2.05, 4.69) is 17.4 Å². The number of aryl methyl sites for hydroxylation is 1. The van der Waals surface area contributed by atoms with Crippen LogP contribution in [0.5, 0.6) is 5.75 Å². The molecule has 1 aromatic carbocycles. The number of amides is 2. The summed E-state index contributed by atoms with van der Waals surface area (Å²) in [7, 11) is 1.69. The molecule has 1 heterocycles. The largest absolute Gasteiger partial charge is 0.497 e. The van der Waals surface area contributed by atoms with Crippen LogP contribution in [-0.4, -0.2) is 48.9 Å². The van der Waals surface area contributed by atoms with Gasteiger partial charge in [-0.2, -0.15) is 0 Å². The number of hydrogen-bond donors (Lipinski definition) is 2. The van der Waals surface area contributed by atoms with Gasteiger partial charge in [0, 0.05) is 25.6 Å². The predicted molar refractivity (Wildman–Crippen MR) is 88.9 cm³/mol. The SMILES string of the molecule is COc1ccc2c(c1)CCC[C@H]2CNC(=O)N1CCC[C@H](O)C1. The van der Waals surface area contributed by atoms with Gasteiger partial charge >= 0.3 is 6.03 Å². The summed E-state index contributed by atoms with van der Waals surface area (Å²) < 4.78 is 5.30. The third-order valence-corrected chi connectivity index (χ3v) is 4.97. The number of fused-ring (bicyclic) bond motifs is 1. The van der Waals surface area contributed by atoms with Gasteiger partial charge in [-0.3, -0.25) is 0 Å². The third-order valence-electron chi connectivity index (χ3n) is 4.97. The van der Waals surface area contributed by atoms with Crippen molar-refractivity contribution in [2.45, 2.75) is 44.1 Å². The van der Waals surface area contributed by atoms with E-state index in [4.69, 9.17) is 4.74 Å². The van der Waals surface area contributed by atoms with E-state index in [1.54, 1.807) is 12.0 Å². The number of hydrogen-bond acceptors (Lipinski definition) is 3. The first-order valence-electron chi connectivity index (χ1n) is 8.55. The summed E-state index contributed by atoms with van der Waals surface area (Å²) in [5.41, 5.74) is 2.67. The summed E-state index contributed by atoms with van der Waals surface area (Å²) in [5, 5.41) is 12.7. The second-order valence-electron chi connectivity index (χ2n) is 6.58. The number of urea groups is 1. The first kappa shape index (κ1) is 16.1. The standard InChI is InChI=1S/C18H26N2O3/c1-23-16-7-8-17-13(10-16)4-2-5-14(17)11-19-18(22)20-9-3-6-15(21)12-20/h7-8,10,14-15,21H,2-6,9,11-12H2,1H3,(H,19,22)/t14-,15-/m0/s1. The summed E-state index contributed by atoms with van der Waals surface area (Å²) in [6, 6.07) is 6.20. The molecule has 1 aliphatic carbocycles. The Hall–Kier alpha value is -1.75. The molecule has 5 heteroatoms. The molecule has 3 rings (SSSR count). The molecular weight excluding hydrogens is 292 g/mol. The number of piperidine rings is 1. The Bertz CT molecular complexity index is 561. The fourth-order valence-corrected chi connectivity index (χ4v) is 3.69. The molecule has 2 amide bonds. The number of methoxy groups -OCH3 is 1. The van der Waals surface area contributed by atoms with Crippen LogP contribution in [0.25, 0.3) is 0 Å². The van der Waals surface area contributed by atoms with Crippen LogP contribution in [0.2, 0.25) is 0 Å². The van der Waals surface area contributed by atoms with Crippen LogP contribution < -0.4 is 10.1 Å². The van der Waals surface area contributed by atoms with Gasteiger partial charge in [0.05, 0.1) is 13.2 Å². The maximum atomic E-state index is 12.3. The zero-order valence-corrected chi connectivity index (χ0v) is 13.8. The Labute approximate surface area is 137 Å². The number of β-amino-alcohol motifs (C(OH)–C–C–N with tert-alkyl or cyclic N) is 1. The van der Waals surface area contributed by atoms with Crippen molar-refractivity contribution in [1.82, 2.24) is 10.2 Å². The van der Waals surface area contributed by atoms with E-state index in [1.165, 1.54) is 11.1 Å². The van der Waals surface area contributed by atoms with Crippen molar-refractivity contribution in [3.05, 3.63) is 29.3 Å². The molecule has 2 N–H and O–H groups in total. The van der Waals surface area contributed by atoms with Gasteiger partial charge in [-0.15, -0.1) is 0 Å². The number of benzene rings is 1. The second-order valence-corrected chi connectivity index (χ2v) is 6.58. The average Bonchev–Trinajstić information content (AvgIpc) is 2.59. The van der Waals surface area contributed by atoms with E-state index < -0.39 is 0 Å². The summed E-state index contributed by atoms with van der Waals surface area (Å²) >= 11 is 0. The van der Waals surface area contributed by atoms with Crippen molar-refractivity contribution in [2.75, 3.05) is 26.7 Å². The van der Waals surface area contributed by atoms with Crippen molar-refractivity contribution in [3.8, 4) is 5.75 Å². The number of carbonyl (C=O) groups excluding carboxylic acids is 1. The molecule has 23 heavy (non-hydrogen) atoms. The van der Waals surface area contributed by atoms with E-state index in [9.17, 15) is 9.90 Å². The van der Waals surface area contributed by atoms with Crippen molar-refractivity contribution in [2.24, 2.45) is 0 Å². The zero-order chi connectivity index (χ0) is 16.2. The van der Waals surface area contributed by atoms with Gasteiger partial charge in [-0.05, 0) is 55.4 Å². The second kappa shape index (κ2) is 7.21. The topological polar surface area (TPSA) is 61.8 Å². The highest BCUT2D eigenvalue weighted by Crippen LogP contribution is 2.33. The van der Waals surface area contributed by atoms with Crippen LogP contribution in [0.4, 0.5) is 4.79 Å². The van der Waals surface area contributed by atoms with Crippen LogP contribution >= 0.6 is 0 Å². The lowest BCUT2D eigenvalue weighted by atomic mass is 9.82. The zero-order valence-electron chi connectivity index (χ0n) is 13.8. The van der Waals surface area contributed by atoms with Crippen LogP contribution in [0, 0.1) is 0 Å². The molecular formula is C18H26N2O3. The Kier molecular flexibility index (Phi) is 5.06. The summed E-state index contributed by atoms with van der Waals surface area (Å²) in [4.78, 5) is 14.0. The van der Waals surface area contributed by atoms with Gasteiger partial charge in [-0.25, -0.2) is 4.79 Å². The van der Waals surface area contributed by atoms with Crippen LogP contribution in [0.3, 0.4) is 0 Å². The molecule has 1 aromatic rings. The number of aliphatic hydroxyl groups excluding tert-OH is 1. The van der Waals surface area contributed by atoms with Gasteiger partial charge < -0.3 is 20.1 Å². The first-order chi connectivity index (χ1) is 11.2. The molecule has 1 aliphatic heterocycles. The lowest BCUT2D eigenvalue weighted by Crippen LogP contribution is -2.48. The molecule has 0 radical (unpaired) electrons. The molecule has 0 unspecified atom stereocenters. The summed E-state index contributed by atoms with van der Waals surface area (Å²) in [6.07, 6.45) is 4.61. The van der Waals surface area contributed by atoms with Gasteiger partial charge in [0.1, 0.15) is 5.75 Å². The van der Waals surface area contributed by atoms with Gasteiger partial charge in [-0.1, -0.05) is 6.07 Å². The van der Waals surface area contributed by atoms with E-state index in [0.29, 0.717) is 19.0 Å². The molecule has 0 spiro atoms. The van der Waals surface area contributed by atoms with E-state index in [0.717, 1.165) is 44.4 Å². The minimum absolute atomic E-state index is 0.0515. The van der Waals surface area contributed by atoms with Crippen LogP contribution in [-0.2, 0) is 6.42 Å². The highest BCUT2D eigenvalue weighted by Gasteiger charge is 2.24. The normalized spacial score (nSPS) is 24.0. The number of ether oxygens (including phenoxy) is 1. The molecule has 1 saturated heterocycles. The number of rotatable bonds is 3.